The van der Waals surface area contributed by atoms with Crippen LogP contribution in [0.5, 0.6) is 0 Å². The molecule has 5 nitrogen and oxygen atoms in total. The third kappa shape index (κ3) is 2.68. The first-order valence-electron chi connectivity index (χ1n) is 8.66. The molecule has 1 unspecified atom stereocenters. The molecule has 2 aromatic rings. The molecule has 27 heavy (non-hydrogen) atoms. The number of carbonyl (C=O) groups excluding carboxylic acids is 1. The third-order valence-corrected chi connectivity index (χ3v) is 7.62. The standard InChI is InChI=1S/C20H18BrNO4S/c1-2-26-19(23)14-11-12-22-20(13-14,15-7-9-16(21)10-8-15)17-5-3-4-6-18(17)27(22,24)25/h3-11H,2,12-13H2,1H3. The fraction of sp³-hybridized carbons (Fsp3) is 0.250. The molecule has 0 aliphatic carbocycles. The lowest BCUT2D eigenvalue weighted by Crippen LogP contribution is -2.48. The lowest BCUT2D eigenvalue weighted by Gasteiger charge is -2.41. The summed E-state index contributed by atoms with van der Waals surface area (Å²) in [4.78, 5) is 12.7. The Morgan fingerprint density at radius 2 is 1.89 bits per heavy atom. The van der Waals surface area contributed by atoms with Gasteiger partial charge < -0.3 is 4.74 Å². The average Bonchev–Trinajstić information content (AvgIpc) is 2.88. The molecular weight excluding hydrogens is 430 g/mol. The maximum atomic E-state index is 13.2. The molecule has 2 aromatic carbocycles. The maximum Gasteiger partial charge on any atom is 0.333 e. The lowest BCUT2D eigenvalue weighted by atomic mass is 9.76. The van der Waals surface area contributed by atoms with Crippen molar-refractivity contribution >= 4 is 31.9 Å². The van der Waals surface area contributed by atoms with Crippen LogP contribution < -0.4 is 0 Å². The predicted molar refractivity (Wildman–Crippen MR) is 105 cm³/mol. The summed E-state index contributed by atoms with van der Waals surface area (Å²) in [7, 11) is -3.66. The van der Waals surface area contributed by atoms with Crippen LogP contribution in [-0.4, -0.2) is 31.8 Å². The number of fused-ring (bicyclic) bond motifs is 3. The second-order valence-electron chi connectivity index (χ2n) is 6.53. The van der Waals surface area contributed by atoms with Crippen molar-refractivity contribution in [3.8, 4) is 0 Å². The number of hydrogen-bond donors (Lipinski definition) is 0. The van der Waals surface area contributed by atoms with Crippen LogP contribution in [0.3, 0.4) is 0 Å². The average molecular weight is 448 g/mol. The van der Waals surface area contributed by atoms with Crippen molar-refractivity contribution in [3.05, 3.63) is 75.8 Å². The molecule has 2 aliphatic heterocycles. The summed E-state index contributed by atoms with van der Waals surface area (Å²) >= 11 is 3.43. The summed E-state index contributed by atoms with van der Waals surface area (Å²) < 4.78 is 34.1. The van der Waals surface area contributed by atoms with Crippen molar-refractivity contribution in [3.63, 3.8) is 0 Å². The van der Waals surface area contributed by atoms with Gasteiger partial charge >= 0.3 is 5.97 Å². The van der Waals surface area contributed by atoms with Gasteiger partial charge in [-0.05, 0) is 36.2 Å². The Morgan fingerprint density at radius 1 is 1.19 bits per heavy atom. The van der Waals surface area contributed by atoms with Gasteiger partial charge in [-0.3, -0.25) is 0 Å². The Labute approximate surface area is 166 Å². The minimum Gasteiger partial charge on any atom is -0.463 e. The van der Waals surface area contributed by atoms with E-state index in [1.165, 1.54) is 4.31 Å². The molecule has 0 saturated heterocycles. The molecule has 0 N–H and O–H groups in total. The van der Waals surface area contributed by atoms with E-state index in [1.54, 1.807) is 25.1 Å². The molecule has 140 valence electrons. The summed E-state index contributed by atoms with van der Waals surface area (Å²) in [6.07, 6.45) is 1.90. The van der Waals surface area contributed by atoms with Crippen LogP contribution in [0.4, 0.5) is 0 Å². The quantitative estimate of drug-likeness (QED) is 0.674. The highest BCUT2D eigenvalue weighted by Gasteiger charge is 2.56. The zero-order valence-electron chi connectivity index (χ0n) is 14.7. The fourth-order valence-corrected chi connectivity index (χ4v) is 6.19. The van der Waals surface area contributed by atoms with E-state index in [-0.39, 0.29) is 19.6 Å². The second kappa shape index (κ2) is 6.58. The van der Waals surface area contributed by atoms with Gasteiger partial charge in [0.15, 0.2) is 0 Å². The van der Waals surface area contributed by atoms with Crippen molar-refractivity contribution in [2.45, 2.75) is 23.8 Å². The Bertz CT molecular complexity index is 1050. The summed E-state index contributed by atoms with van der Waals surface area (Å²) in [6, 6.07) is 14.6. The molecule has 1 atom stereocenters. The molecule has 0 saturated carbocycles. The van der Waals surface area contributed by atoms with E-state index >= 15 is 0 Å². The second-order valence-corrected chi connectivity index (χ2v) is 9.27. The van der Waals surface area contributed by atoms with E-state index in [2.05, 4.69) is 15.9 Å². The van der Waals surface area contributed by atoms with Gasteiger partial charge in [0.1, 0.15) is 0 Å². The minimum absolute atomic E-state index is 0.126. The molecule has 2 heterocycles. The van der Waals surface area contributed by atoms with Crippen LogP contribution in [0.15, 0.2) is 69.5 Å². The molecule has 0 amide bonds. The fourth-order valence-electron chi connectivity index (χ4n) is 3.98. The van der Waals surface area contributed by atoms with Gasteiger partial charge in [0.05, 0.1) is 17.0 Å². The summed E-state index contributed by atoms with van der Waals surface area (Å²) in [6.45, 7) is 2.16. The smallest absolute Gasteiger partial charge is 0.333 e. The molecule has 0 aromatic heterocycles. The van der Waals surface area contributed by atoms with Crippen LogP contribution in [0, 0.1) is 0 Å². The van der Waals surface area contributed by atoms with Crippen LogP contribution in [0.2, 0.25) is 0 Å². The maximum absolute atomic E-state index is 13.2. The molecule has 0 spiro atoms. The first-order valence-corrected chi connectivity index (χ1v) is 10.9. The predicted octanol–water partition coefficient (Wildman–Crippen LogP) is 3.59. The van der Waals surface area contributed by atoms with Gasteiger partial charge in [-0.25, -0.2) is 13.2 Å². The molecule has 2 aliphatic rings. The number of halogens is 1. The first kappa shape index (κ1) is 18.4. The Morgan fingerprint density at radius 3 is 2.59 bits per heavy atom. The van der Waals surface area contributed by atoms with Gasteiger partial charge in [0.2, 0.25) is 10.0 Å². The van der Waals surface area contributed by atoms with E-state index in [9.17, 15) is 13.2 Å². The molecule has 4 rings (SSSR count). The highest BCUT2D eigenvalue weighted by Crippen LogP contribution is 2.53. The summed E-state index contributed by atoms with van der Waals surface area (Å²) in [5.41, 5.74) is 1.08. The van der Waals surface area contributed by atoms with E-state index in [0.29, 0.717) is 16.0 Å². The number of esters is 1. The van der Waals surface area contributed by atoms with E-state index in [0.717, 1.165) is 10.0 Å². The summed E-state index contributed by atoms with van der Waals surface area (Å²) in [5, 5.41) is 0. The van der Waals surface area contributed by atoms with Crippen molar-refractivity contribution < 1.29 is 17.9 Å². The SMILES string of the molecule is CCOC(=O)C1=CCN2C(c3ccc(Br)cc3)(C1)c1ccccc1S2(=O)=O. The largest absolute Gasteiger partial charge is 0.463 e. The van der Waals surface area contributed by atoms with Gasteiger partial charge in [-0.2, -0.15) is 4.31 Å². The highest BCUT2D eigenvalue weighted by molar-refractivity contribution is 9.10. The number of benzene rings is 2. The Kier molecular flexibility index (Phi) is 4.49. The van der Waals surface area contributed by atoms with Gasteiger partial charge in [0, 0.05) is 23.0 Å². The van der Waals surface area contributed by atoms with E-state index < -0.39 is 21.5 Å². The third-order valence-electron chi connectivity index (χ3n) is 5.14. The van der Waals surface area contributed by atoms with E-state index in [4.69, 9.17) is 4.74 Å². The molecule has 0 fully saturated rings. The van der Waals surface area contributed by atoms with Gasteiger partial charge in [-0.1, -0.05) is 52.3 Å². The molecule has 7 heteroatoms. The Hall–Kier alpha value is -1.96. The first-order chi connectivity index (χ1) is 12.9. The molecule has 0 bridgehead atoms. The van der Waals surface area contributed by atoms with Crippen molar-refractivity contribution in [2.75, 3.05) is 13.2 Å². The molecular formula is C20H18BrNO4S. The highest BCUT2D eigenvalue weighted by atomic mass is 79.9. The topological polar surface area (TPSA) is 63.7 Å². The van der Waals surface area contributed by atoms with Crippen molar-refractivity contribution in [1.82, 2.24) is 4.31 Å². The number of sulfonamides is 1. The van der Waals surface area contributed by atoms with Crippen molar-refractivity contribution in [2.24, 2.45) is 0 Å². The number of carbonyl (C=O) groups is 1. The van der Waals surface area contributed by atoms with E-state index in [1.807, 2.05) is 36.4 Å². The van der Waals surface area contributed by atoms with Crippen LogP contribution >= 0.6 is 15.9 Å². The van der Waals surface area contributed by atoms with Crippen LogP contribution in [0.1, 0.15) is 24.5 Å². The monoisotopic (exact) mass is 447 g/mol. The van der Waals surface area contributed by atoms with Gasteiger partial charge in [0.25, 0.3) is 0 Å². The lowest BCUT2D eigenvalue weighted by molar-refractivity contribution is -0.139. The van der Waals surface area contributed by atoms with Crippen molar-refractivity contribution in [1.29, 1.82) is 0 Å². The zero-order chi connectivity index (χ0) is 19.2. The minimum atomic E-state index is -3.66. The van der Waals surface area contributed by atoms with Gasteiger partial charge in [-0.15, -0.1) is 0 Å². The molecule has 0 radical (unpaired) electrons. The van der Waals surface area contributed by atoms with Crippen LogP contribution in [0.25, 0.3) is 0 Å². The Balaban J connectivity index is 1.97. The zero-order valence-corrected chi connectivity index (χ0v) is 17.1. The number of rotatable bonds is 3. The number of hydrogen-bond acceptors (Lipinski definition) is 4. The normalized spacial score (nSPS) is 23.3. The number of ether oxygens (including phenoxy) is 1. The summed E-state index contributed by atoms with van der Waals surface area (Å²) in [5.74, 6) is -0.393. The van der Waals surface area contributed by atoms with Crippen LogP contribution in [-0.2, 0) is 25.1 Å². The number of nitrogens with zero attached hydrogens (tertiary/aromatic N) is 1.